The van der Waals surface area contributed by atoms with Gasteiger partial charge in [0.1, 0.15) is 12.0 Å². The van der Waals surface area contributed by atoms with Crippen LogP contribution in [0.2, 0.25) is 5.02 Å². The molecule has 1 aromatic carbocycles. The minimum Gasteiger partial charge on any atom is -0.482 e. The normalized spacial score (nSPS) is 15.1. The van der Waals surface area contributed by atoms with E-state index in [-0.39, 0.29) is 12.5 Å². The Bertz CT molecular complexity index is 472. The van der Waals surface area contributed by atoms with Crippen LogP contribution >= 0.6 is 11.6 Å². The lowest BCUT2D eigenvalue weighted by atomic mass is 10.2. The average molecular weight is 284 g/mol. The summed E-state index contributed by atoms with van der Waals surface area (Å²) in [7, 11) is 0. The van der Waals surface area contributed by atoms with Crippen molar-refractivity contribution in [1.29, 1.82) is 0 Å². The molecule has 0 aliphatic carbocycles. The Hall–Kier alpha value is -1.59. The number of nitrogens with zero attached hydrogens (tertiary/aromatic N) is 1. The molecular formula is C13H14ClNO4. The molecule has 1 amide bonds. The molecule has 5 nitrogen and oxygen atoms in total. The molecule has 1 aliphatic heterocycles. The Morgan fingerprint density at radius 3 is 2.79 bits per heavy atom. The van der Waals surface area contributed by atoms with Crippen molar-refractivity contribution in [2.45, 2.75) is 0 Å². The van der Waals surface area contributed by atoms with E-state index in [2.05, 4.69) is 0 Å². The zero-order chi connectivity index (χ0) is 13.7. The zero-order valence-electron chi connectivity index (χ0n) is 10.3. The van der Waals surface area contributed by atoms with Crippen LogP contribution in [0.4, 0.5) is 0 Å². The van der Waals surface area contributed by atoms with E-state index in [4.69, 9.17) is 21.1 Å². The van der Waals surface area contributed by atoms with Gasteiger partial charge in [-0.25, -0.2) is 0 Å². The Kier molecular flexibility index (Phi) is 4.76. The molecule has 0 N–H and O–H groups in total. The highest BCUT2D eigenvalue weighted by molar-refractivity contribution is 6.32. The maximum atomic E-state index is 11.9. The van der Waals surface area contributed by atoms with E-state index in [0.717, 1.165) is 0 Å². The van der Waals surface area contributed by atoms with Crippen LogP contribution in [0.15, 0.2) is 18.2 Å². The molecule has 0 saturated carbocycles. The van der Waals surface area contributed by atoms with E-state index in [0.29, 0.717) is 48.9 Å². The van der Waals surface area contributed by atoms with Gasteiger partial charge in [-0.3, -0.25) is 9.59 Å². The van der Waals surface area contributed by atoms with Crippen LogP contribution in [0.5, 0.6) is 5.75 Å². The van der Waals surface area contributed by atoms with Crippen LogP contribution in [0.1, 0.15) is 10.4 Å². The second-order valence-electron chi connectivity index (χ2n) is 4.09. The molecule has 0 aromatic heterocycles. The Labute approximate surface area is 116 Å². The smallest absolute Gasteiger partial charge is 0.260 e. The number of hydrogen-bond donors (Lipinski definition) is 0. The Balaban J connectivity index is 1.91. The number of benzene rings is 1. The third kappa shape index (κ3) is 3.68. The molecule has 1 heterocycles. The number of amides is 1. The average Bonchev–Trinajstić information content (AvgIpc) is 2.46. The fraction of sp³-hybridized carbons (Fsp3) is 0.385. The molecule has 0 unspecified atom stereocenters. The lowest BCUT2D eigenvalue weighted by Gasteiger charge is -2.26. The van der Waals surface area contributed by atoms with Crippen molar-refractivity contribution in [2.75, 3.05) is 32.9 Å². The van der Waals surface area contributed by atoms with Crippen molar-refractivity contribution in [1.82, 2.24) is 4.90 Å². The highest BCUT2D eigenvalue weighted by Gasteiger charge is 2.17. The van der Waals surface area contributed by atoms with E-state index >= 15 is 0 Å². The summed E-state index contributed by atoms with van der Waals surface area (Å²) < 4.78 is 10.5. The third-order valence-electron chi connectivity index (χ3n) is 2.81. The molecule has 1 saturated heterocycles. The van der Waals surface area contributed by atoms with Gasteiger partial charge in [0.05, 0.1) is 18.2 Å². The van der Waals surface area contributed by atoms with E-state index < -0.39 is 0 Å². The van der Waals surface area contributed by atoms with Gasteiger partial charge in [0, 0.05) is 18.7 Å². The predicted molar refractivity (Wildman–Crippen MR) is 69.7 cm³/mol. The maximum Gasteiger partial charge on any atom is 0.260 e. The minimum absolute atomic E-state index is 0.0693. The number of rotatable bonds is 4. The number of carbonyl (C=O) groups is 2. The summed E-state index contributed by atoms with van der Waals surface area (Å²) in [6.07, 6.45) is 0.703. The molecule has 0 spiro atoms. The maximum absolute atomic E-state index is 11.9. The van der Waals surface area contributed by atoms with Crippen molar-refractivity contribution < 1.29 is 19.1 Å². The molecule has 1 aromatic rings. The largest absolute Gasteiger partial charge is 0.482 e. The summed E-state index contributed by atoms with van der Waals surface area (Å²) in [5.41, 5.74) is 0.469. The molecule has 0 atom stereocenters. The number of halogens is 1. The van der Waals surface area contributed by atoms with Gasteiger partial charge in [0.25, 0.3) is 5.91 Å². The van der Waals surface area contributed by atoms with Gasteiger partial charge in [0.15, 0.2) is 6.61 Å². The van der Waals surface area contributed by atoms with Crippen molar-refractivity contribution >= 4 is 23.8 Å². The van der Waals surface area contributed by atoms with Crippen LogP contribution in [0, 0.1) is 0 Å². The molecule has 6 heteroatoms. The predicted octanol–water partition coefficient (Wildman–Crippen LogP) is 1.39. The minimum atomic E-state index is -0.0983. The molecule has 1 fully saturated rings. The molecular weight excluding hydrogens is 270 g/mol. The quantitative estimate of drug-likeness (QED) is 0.784. The van der Waals surface area contributed by atoms with Gasteiger partial charge in [-0.15, -0.1) is 0 Å². The van der Waals surface area contributed by atoms with Gasteiger partial charge in [-0.2, -0.15) is 0 Å². The summed E-state index contributed by atoms with van der Waals surface area (Å²) in [5.74, 6) is 0.299. The van der Waals surface area contributed by atoms with E-state index in [1.165, 1.54) is 6.07 Å². The fourth-order valence-corrected chi connectivity index (χ4v) is 1.99. The van der Waals surface area contributed by atoms with Crippen LogP contribution < -0.4 is 4.74 Å². The van der Waals surface area contributed by atoms with Gasteiger partial charge < -0.3 is 14.4 Å². The van der Waals surface area contributed by atoms with Gasteiger partial charge in [-0.1, -0.05) is 11.6 Å². The molecule has 19 heavy (non-hydrogen) atoms. The number of carbonyl (C=O) groups excluding carboxylic acids is 2. The third-order valence-corrected chi connectivity index (χ3v) is 3.10. The van der Waals surface area contributed by atoms with Gasteiger partial charge >= 0.3 is 0 Å². The molecule has 102 valence electrons. The Morgan fingerprint density at radius 1 is 1.42 bits per heavy atom. The summed E-state index contributed by atoms with van der Waals surface area (Å²) in [5, 5.41) is 0.319. The van der Waals surface area contributed by atoms with Crippen LogP contribution in [-0.2, 0) is 9.53 Å². The Morgan fingerprint density at radius 2 is 2.16 bits per heavy atom. The fourth-order valence-electron chi connectivity index (χ4n) is 1.75. The first-order valence-electron chi connectivity index (χ1n) is 5.94. The second kappa shape index (κ2) is 6.54. The SMILES string of the molecule is O=Cc1ccc(OCC(=O)N2CCOCC2)c(Cl)c1. The summed E-state index contributed by atoms with van der Waals surface area (Å²) in [6.45, 7) is 2.21. The molecule has 1 aliphatic rings. The molecule has 2 rings (SSSR count). The van der Waals surface area contributed by atoms with Crippen molar-refractivity contribution in [3.63, 3.8) is 0 Å². The monoisotopic (exact) mass is 283 g/mol. The van der Waals surface area contributed by atoms with Gasteiger partial charge in [-0.05, 0) is 18.2 Å². The topological polar surface area (TPSA) is 55.8 Å². The first-order valence-corrected chi connectivity index (χ1v) is 6.31. The number of ether oxygens (including phenoxy) is 2. The number of morpholine rings is 1. The van der Waals surface area contributed by atoms with Crippen LogP contribution in [-0.4, -0.2) is 50.0 Å². The lowest BCUT2D eigenvalue weighted by molar-refractivity contribution is -0.137. The molecule has 0 bridgehead atoms. The highest BCUT2D eigenvalue weighted by Crippen LogP contribution is 2.24. The van der Waals surface area contributed by atoms with Crippen LogP contribution in [0.3, 0.4) is 0 Å². The van der Waals surface area contributed by atoms with E-state index in [9.17, 15) is 9.59 Å². The summed E-state index contributed by atoms with van der Waals surface area (Å²) >= 11 is 5.95. The lowest BCUT2D eigenvalue weighted by Crippen LogP contribution is -2.43. The van der Waals surface area contributed by atoms with E-state index in [1.807, 2.05) is 0 Å². The first kappa shape index (κ1) is 13.8. The summed E-state index contributed by atoms with van der Waals surface area (Å²) in [4.78, 5) is 24.1. The van der Waals surface area contributed by atoms with E-state index in [1.54, 1.807) is 17.0 Å². The standard InChI is InChI=1S/C13H14ClNO4/c14-11-7-10(8-16)1-2-12(11)19-9-13(17)15-3-5-18-6-4-15/h1-2,7-8H,3-6,9H2. The zero-order valence-corrected chi connectivity index (χ0v) is 11.1. The highest BCUT2D eigenvalue weighted by atomic mass is 35.5. The van der Waals surface area contributed by atoms with Crippen LogP contribution in [0.25, 0.3) is 0 Å². The van der Waals surface area contributed by atoms with Crippen molar-refractivity contribution in [3.05, 3.63) is 28.8 Å². The number of hydrogen-bond acceptors (Lipinski definition) is 4. The van der Waals surface area contributed by atoms with Crippen molar-refractivity contribution in [2.24, 2.45) is 0 Å². The van der Waals surface area contributed by atoms with Gasteiger partial charge in [0.2, 0.25) is 0 Å². The first-order chi connectivity index (χ1) is 9.20. The van der Waals surface area contributed by atoms with Crippen molar-refractivity contribution in [3.8, 4) is 5.75 Å². The number of aldehydes is 1. The summed E-state index contributed by atoms with van der Waals surface area (Å²) in [6, 6.07) is 4.68. The molecule has 0 radical (unpaired) electrons. The second-order valence-corrected chi connectivity index (χ2v) is 4.50.